The number of para-hydroxylation sites is 1. The third-order valence-electron chi connectivity index (χ3n) is 3.18. The van der Waals surface area contributed by atoms with Crippen molar-refractivity contribution < 1.29 is 14.5 Å². The first-order chi connectivity index (χ1) is 9.65. The number of carbonyl (C=O) groups is 1. The van der Waals surface area contributed by atoms with Gasteiger partial charge >= 0.3 is 11.1 Å². The van der Waals surface area contributed by atoms with Crippen LogP contribution in [0.2, 0.25) is 0 Å². The molecule has 100 valence electrons. The third-order valence-corrected chi connectivity index (χ3v) is 4.17. The lowest BCUT2D eigenvalue weighted by Gasteiger charge is -2.01. The molecule has 20 heavy (non-hydrogen) atoms. The third kappa shape index (κ3) is 2.23. The molecule has 3 N–H and O–H groups in total. The number of carboxylic acids is 1. The summed E-state index contributed by atoms with van der Waals surface area (Å²) in [7, 11) is 0. The lowest BCUT2D eigenvalue weighted by atomic mass is 10.1. The molecule has 4 nitrogen and oxygen atoms in total. The molecule has 0 spiro atoms. The van der Waals surface area contributed by atoms with Gasteiger partial charge in [-0.05, 0) is 41.2 Å². The highest BCUT2D eigenvalue weighted by atomic mass is 32.1. The Bertz CT molecular complexity index is 778. The van der Waals surface area contributed by atoms with Crippen LogP contribution in [0.5, 0.6) is 0 Å². The number of nitrogens with zero attached hydrogens (tertiary/aromatic N) is 1. The Kier molecular flexibility index (Phi) is 3.12. The predicted octanol–water partition coefficient (Wildman–Crippen LogP) is 2.52. The van der Waals surface area contributed by atoms with Crippen molar-refractivity contribution >= 4 is 32.7 Å². The van der Waals surface area contributed by atoms with Gasteiger partial charge in [-0.3, -0.25) is 5.73 Å². The van der Waals surface area contributed by atoms with Crippen molar-refractivity contribution in [3.63, 3.8) is 0 Å². The molecule has 0 saturated carbocycles. The molecule has 0 amide bonds. The number of hydrogen-bond acceptors (Lipinski definition) is 3. The number of aromatic nitrogens is 1. The summed E-state index contributed by atoms with van der Waals surface area (Å²) < 4.78 is 3.18. The van der Waals surface area contributed by atoms with Crippen LogP contribution in [0.15, 0.2) is 48.5 Å². The lowest BCUT2D eigenvalue weighted by molar-refractivity contribution is -0.644. The average Bonchev–Trinajstić information content (AvgIpc) is 2.76. The molecular weight excluding hydrogens is 272 g/mol. The number of benzene rings is 2. The fraction of sp³-hybridized carbons (Fsp3) is 0.0667. The maximum Gasteiger partial charge on any atom is 0.335 e. The number of nitrogens with two attached hydrogens (primary N) is 1. The Morgan fingerprint density at radius 3 is 2.55 bits per heavy atom. The van der Waals surface area contributed by atoms with E-state index in [-0.39, 0.29) is 0 Å². The first kappa shape index (κ1) is 12.6. The summed E-state index contributed by atoms with van der Waals surface area (Å²) in [5.74, 6) is -0.912. The maximum atomic E-state index is 10.8. The van der Waals surface area contributed by atoms with E-state index in [1.165, 1.54) is 0 Å². The molecule has 0 aliphatic carbocycles. The highest BCUT2D eigenvalue weighted by molar-refractivity contribution is 7.21. The summed E-state index contributed by atoms with van der Waals surface area (Å²) in [6.07, 6.45) is 0. The van der Waals surface area contributed by atoms with E-state index in [0.29, 0.717) is 12.1 Å². The van der Waals surface area contributed by atoms with Crippen LogP contribution in [0.4, 0.5) is 5.13 Å². The molecule has 0 fully saturated rings. The fourth-order valence-electron chi connectivity index (χ4n) is 2.15. The van der Waals surface area contributed by atoms with E-state index < -0.39 is 5.97 Å². The summed E-state index contributed by atoms with van der Waals surface area (Å²) in [5.41, 5.74) is 8.48. The molecular formula is C15H13N2O2S+. The van der Waals surface area contributed by atoms with Crippen molar-refractivity contribution in [1.29, 1.82) is 0 Å². The van der Waals surface area contributed by atoms with Crippen molar-refractivity contribution in [1.82, 2.24) is 0 Å². The Balaban J connectivity index is 1.96. The van der Waals surface area contributed by atoms with Crippen molar-refractivity contribution in [3.05, 3.63) is 59.7 Å². The SMILES string of the molecule is Nc1sc2ccccc2[n+]1Cc1ccc(C(=O)O)cc1. The number of anilines is 1. The van der Waals surface area contributed by atoms with Crippen LogP contribution in [0.25, 0.3) is 10.2 Å². The molecule has 0 bridgehead atoms. The second-order valence-corrected chi connectivity index (χ2v) is 5.56. The van der Waals surface area contributed by atoms with Gasteiger partial charge in [0.2, 0.25) is 0 Å². The van der Waals surface area contributed by atoms with Crippen molar-refractivity contribution in [3.8, 4) is 0 Å². The van der Waals surface area contributed by atoms with Gasteiger partial charge in [-0.1, -0.05) is 24.3 Å². The van der Waals surface area contributed by atoms with Crippen LogP contribution in [0, 0.1) is 0 Å². The van der Waals surface area contributed by atoms with E-state index in [0.717, 1.165) is 20.9 Å². The molecule has 3 rings (SSSR count). The molecule has 5 heteroatoms. The number of hydrogen-bond donors (Lipinski definition) is 2. The second-order valence-electron chi connectivity index (χ2n) is 4.50. The molecule has 0 aliphatic rings. The quantitative estimate of drug-likeness (QED) is 0.727. The number of carboxylic acid groups (broad SMARTS) is 1. The molecule has 0 radical (unpaired) electrons. The number of thiazole rings is 1. The minimum Gasteiger partial charge on any atom is -0.478 e. The Morgan fingerprint density at radius 1 is 1.15 bits per heavy atom. The molecule has 0 atom stereocenters. The highest BCUT2D eigenvalue weighted by Crippen LogP contribution is 2.22. The summed E-state index contributed by atoms with van der Waals surface area (Å²) in [5, 5.41) is 9.64. The predicted molar refractivity (Wildman–Crippen MR) is 78.9 cm³/mol. The zero-order chi connectivity index (χ0) is 14.1. The molecule has 0 unspecified atom stereocenters. The molecule has 3 aromatic rings. The minimum absolute atomic E-state index is 0.293. The van der Waals surface area contributed by atoms with Gasteiger partial charge in [-0.25, -0.2) is 9.36 Å². The molecule has 0 saturated heterocycles. The van der Waals surface area contributed by atoms with E-state index in [1.54, 1.807) is 23.5 Å². The van der Waals surface area contributed by atoms with Crippen LogP contribution >= 0.6 is 11.3 Å². The standard InChI is InChI=1S/C15H12N2O2S/c16-15-17(12-3-1-2-4-13(12)20-15)9-10-5-7-11(8-6-10)14(18)19/h1-8,16H,9H2,(H,18,19)/p+1. The van der Waals surface area contributed by atoms with Gasteiger partial charge in [0, 0.05) is 0 Å². The Morgan fingerprint density at radius 2 is 1.85 bits per heavy atom. The van der Waals surface area contributed by atoms with Gasteiger partial charge < -0.3 is 5.11 Å². The van der Waals surface area contributed by atoms with E-state index in [1.807, 2.05) is 41.0 Å². The lowest BCUT2D eigenvalue weighted by Crippen LogP contribution is -2.35. The second kappa shape index (κ2) is 4.94. The van der Waals surface area contributed by atoms with Crippen molar-refractivity contribution in [2.75, 3.05) is 5.73 Å². The Labute approximate surface area is 119 Å². The first-order valence-electron chi connectivity index (χ1n) is 6.14. The van der Waals surface area contributed by atoms with E-state index in [2.05, 4.69) is 0 Å². The molecule has 0 aliphatic heterocycles. The topological polar surface area (TPSA) is 67.2 Å². The van der Waals surface area contributed by atoms with E-state index >= 15 is 0 Å². The zero-order valence-corrected chi connectivity index (χ0v) is 11.4. The van der Waals surface area contributed by atoms with Crippen LogP contribution in [0.1, 0.15) is 15.9 Å². The smallest absolute Gasteiger partial charge is 0.335 e. The van der Waals surface area contributed by atoms with Crippen LogP contribution in [-0.4, -0.2) is 11.1 Å². The van der Waals surface area contributed by atoms with E-state index in [4.69, 9.17) is 10.8 Å². The number of rotatable bonds is 3. The number of nitrogen functional groups attached to an aromatic ring is 1. The van der Waals surface area contributed by atoms with Gasteiger partial charge in [-0.15, -0.1) is 0 Å². The normalized spacial score (nSPS) is 10.8. The van der Waals surface area contributed by atoms with E-state index in [9.17, 15) is 4.79 Å². The summed E-state index contributed by atoms with van der Waals surface area (Å²) >= 11 is 1.55. The van der Waals surface area contributed by atoms with Gasteiger partial charge in [-0.2, -0.15) is 0 Å². The highest BCUT2D eigenvalue weighted by Gasteiger charge is 2.14. The summed E-state index contributed by atoms with van der Waals surface area (Å²) in [6, 6.07) is 14.9. The average molecular weight is 285 g/mol. The zero-order valence-electron chi connectivity index (χ0n) is 10.6. The van der Waals surface area contributed by atoms with Crippen LogP contribution in [0.3, 0.4) is 0 Å². The van der Waals surface area contributed by atoms with Gasteiger partial charge in [0.05, 0.1) is 10.3 Å². The number of aromatic carboxylic acids is 1. The summed E-state index contributed by atoms with van der Waals surface area (Å²) in [4.78, 5) is 10.8. The first-order valence-corrected chi connectivity index (χ1v) is 6.96. The molecule has 2 aromatic carbocycles. The van der Waals surface area contributed by atoms with Gasteiger partial charge in [0.15, 0.2) is 0 Å². The summed E-state index contributed by atoms with van der Waals surface area (Å²) in [6.45, 7) is 0.635. The maximum absolute atomic E-state index is 10.8. The Hall–Kier alpha value is -2.40. The minimum atomic E-state index is -0.912. The van der Waals surface area contributed by atoms with Crippen molar-refractivity contribution in [2.45, 2.75) is 6.54 Å². The van der Waals surface area contributed by atoms with Gasteiger partial charge in [0.1, 0.15) is 12.1 Å². The van der Waals surface area contributed by atoms with Crippen molar-refractivity contribution in [2.24, 2.45) is 0 Å². The largest absolute Gasteiger partial charge is 0.478 e. The monoisotopic (exact) mass is 285 g/mol. The van der Waals surface area contributed by atoms with Gasteiger partial charge in [0.25, 0.3) is 0 Å². The molecule has 1 heterocycles. The molecule has 1 aromatic heterocycles. The van der Waals surface area contributed by atoms with Crippen LogP contribution in [-0.2, 0) is 6.54 Å². The van der Waals surface area contributed by atoms with Crippen LogP contribution < -0.4 is 10.3 Å². The fourth-order valence-corrected chi connectivity index (χ4v) is 3.08. The number of fused-ring (bicyclic) bond motifs is 1.